The first-order valence-corrected chi connectivity index (χ1v) is 5.37. The van der Waals surface area contributed by atoms with E-state index in [1.54, 1.807) is 7.11 Å². The van der Waals surface area contributed by atoms with Gasteiger partial charge >= 0.3 is 0 Å². The summed E-state index contributed by atoms with van der Waals surface area (Å²) in [6.45, 7) is -0.0485. The number of aliphatic hydroxyl groups excluding tert-OH is 1. The fourth-order valence-corrected chi connectivity index (χ4v) is 2.00. The molecule has 3 aromatic rings. The molecule has 4 nitrogen and oxygen atoms in total. The molecular formula is C13H12N2O2. The van der Waals surface area contributed by atoms with Gasteiger partial charge in [-0.25, -0.2) is 4.98 Å². The smallest absolute Gasteiger partial charge is 0.137 e. The minimum absolute atomic E-state index is 0.0485. The molecule has 2 heterocycles. The van der Waals surface area contributed by atoms with E-state index in [1.807, 2.05) is 40.9 Å². The maximum atomic E-state index is 9.11. The molecule has 0 aliphatic rings. The number of methoxy groups -OCH3 is 1. The number of imidazole rings is 1. The number of fused-ring (bicyclic) bond motifs is 3. The van der Waals surface area contributed by atoms with Crippen LogP contribution in [0.3, 0.4) is 0 Å². The van der Waals surface area contributed by atoms with Crippen molar-refractivity contribution in [1.29, 1.82) is 0 Å². The maximum Gasteiger partial charge on any atom is 0.137 e. The third-order valence-electron chi connectivity index (χ3n) is 2.85. The van der Waals surface area contributed by atoms with Crippen molar-refractivity contribution in [2.24, 2.45) is 0 Å². The van der Waals surface area contributed by atoms with E-state index in [-0.39, 0.29) is 6.61 Å². The Morgan fingerprint density at radius 3 is 2.88 bits per heavy atom. The molecule has 1 N–H and O–H groups in total. The largest absolute Gasteiger partial charge is 0.497 e. The van der Waals surface area contributed by atoms with Crippen molar-refractivity contribution >= 4 is 16.6 Å². The number of ether oxygens (including phenoxy) is 1. The van der Waals surface area contributed by atoms with Crippen LogP contribution in [-0.2, 0) is 6.61 Å². The van der Waals surface area contributed by atoms with Gasteiger partial charge in [-0.1, -0.05) is 0 Å². The molecule has 3 rings (SSSR count). The van der Waals surface area contributed by atoms with Crippen LogP contribution in [0.4, 0.5) is 0 Å². The highest BCUT2D eigenvalue weighted by molar-refractivity contribution is 5.83. The summed E-state index contributed by atoms with van der Waals surface area (Å²) in [6, 6.07) is 9.85. The van der Waals surface area contributed by atoms with E-state index in [1.165, 1.54) is 0 Å². The van der Waals surface area contributed by atoms with Crippen LogP contribution in [0.25, 0.3) is 16.6 Å². The second kappa shape index (κ2) is 3.75. The zero-order valence-corrected chi connectivity index (χ0v) is 9.42. The van der Waals surface area contributed by atoms with Crippen molar-refractivity contribution in [2.75, 3.05) is 7.11 Å². The van der Waals surface area contributed by atoms with E-state index in [9.17, 15) is 0 Å². The topological polar surface area (TPSA) is 46.8 Å². The van der Waals surface area contributed by atoms with Crippen LogP contribution in [0.15, 0.2) is 36.5 Å². The molecule has 0 saturated heterocycles. The number of benzene rings is 1. The Bertz CT molecular complexity index is 688. The number of aromatic nitrogens is 2. The highest BCUT2D eigenvalue weighted by atomic mass is 16.5. The van der Waals surface area contributed by atoms with Crippen LogP contribution in [0.2, 0.25) is 0 Å². The molecule has 2 aromatic heterocycles. The lowest BCUT2D eigenvalue weighted by Gasteiger charge is -2.04. The number of nitrogens with zero attached hydrogens (tertiary/aromatic N) is 2. The standard InChI is InChI=1S/C13H12N2O2/c1-17-11-4-2-9-3-5-13-14-10(8-16)7-15(13)12(9)6-11/h2-7,16H,8H2,1H3. The Balaban J connectivity index is 2.39. The highest BCUT2D eigenvalue weighted by Gasteiger charge is 2.05. The Kier molecular flexibility index (Phi) is 2.23. The average Bonchev–Trinajstić information content (AvgIpc) is 2.81. The van der Waals surface area contributed by atoms with Crippen LogP contribution in [0.5, 0.6) is 5.75 Å². The van der Waals surface area contributed by atoms with Gasteiger partial charge in [0.2, 0.25) is 0 Å². The molecule has 0 aliphatic carbocycles. The molecule has 0 spiro atoms. The lowest BCUT2D eigenvalue weighted by atomic mass is 10.2. The van der Waals surface area contributed by atoms with E-state index >= 15 is 0 Å². The first-order valence-electron chi connectivity index (χ1n) is 5.37. The van der Waals surface area contributed by atoms with Gasteiger partial charge in [-0.3, -0.25) is 4.40 Å². The number of hydrogen-bond acceptors (Lipinski definition) is 3. The van der Waals surface area contributed by atoms with Crippen molar-refractivity contribution in [2.45, 2.75) is 6.61 Å². The van der Waals surface area contributed by atoms with Crippen LogP contribution >= 0.6 is 0 Å². The predicted octanol–water partition coefficient (Wildman–Crippen LogP) is 1.99. The summed E-state index contributed by atoms with van der Waals surface area (Å²) >= 11 is 0. The molecular weight excluding hydrogens is 216 g/mol. The number of rotatable bonds is 2. The van der Waals surface area contributed by atoms with Gasteiger partial charge in [0, 0.05) is 12.3 Å². The number of pyridine rings is 1. The van der Waals surface area contributed by atoms with Gasteiger partial charge < -0.3 is 9.84 Å². The third kappa shape index (κ3) is 1.54. The molecule has 0 bridgehead atoms. The lowest BCUT2D eigenvalue weighted by molar-refractivity contribution is 0.277. The first kappa shape index (κ1) is 10.1. The Hall–Kier alpha value is -2.07. The Labute approximate surface area is 98.1 Å². The quantitative estimate of drug-likeness (QED) is 0.729. The number of hydrogen-bond donors (Lipinski definition) is 1. The van der Waals surface area contributed by atoms with Crippen LogP contribution in [0.1, 0.15) is 5.69 Å². The summed E-state index contributed by atoms with van der Waals surface area (Å²) in [5.74, 6) is 0.809. The van der Waals surface area contributed by atoms with Gasteiger partial charge in [-0.05, 0) is 29.7 Å². The summed E-state index contributed by atoms with van der Waals surface area (Å²) in [6.07, 6.45) is 1.84. The van der Waals surface area contributed by atoms with Crippen LogP contribution in [0, 0.1) is 0 Å². The van der Waals surface area contributed by atoms with E-state index in [4.69, 9.17) is 9.84 Å². The minimum Gasteiger partial charge on any atom is -0.497 e. The van der Waals surface area contributed by atoms with Crippen LogP contribution in [-0.4, -0.2) is 21.6 Å². The highest BCUT2D eigenvalue weighted by Crippen LogP contribution is 2.22. The van der Waals surface area contributed by atoms with Gasteiger partial charge in [0.05, 0.1) is 24.9 Å². The fraction of sp³-hybridized carbons (Fsp3) is 0.154. The molecule has 0 unspecified atom stereocenters. The molecule has 0 saturated carbocycles. The normalized spacial score (nSPS) is 11.2. The van der Waals surface area contributed by atoms with Gasteiger partial charge in [0.25, 0.3) is 0 Å². The summed E-state index contributed by atoms with van der Waals surface area (Å²) in [4.78, 5) is 4.31. The van der Waals surface area contributed by atoms with E-state index in [0.29, 0.717) is 5.69 Å². The summed E-state index contributed by atoms with van der Waals surface area (Å²) < 4.78 is 7.18. The molecule has 0 atom stereocenters. The summed E-state index contributed by atoms with van der Waals surface area (Å²) in [7, 11) is 1.65. The molecule has 1 aromatic carbocycles. The minimum atomic E-state index is -0.0485. The van der Waals surface area contributed by atoms with Crippen molar-refractivity contribution < 1.29 is 9.84 Å². The second-order valence-corrected chi connectivity index (χ2v) is 3.88. The lowest BCUT2D eigenvalue weighted by Crippen LogP contribution is -1.88. The van der Waals surface area contributed by atoms with Crippen molar-refractivity contribution in [3.63, 3.8) is 0 Å². The maximum absolute atomic E-state index is 9.11. The molecule has 0 fully saturated rings. The summed E-state index contributed by atoms with van der Waals surface area (Å²) in [5, 5.41) is 10.2. The average molecular weight is 228 g/mol. The fourth-order valence-electron chi connectivity index (χ4n) is 2.00. The first-order chi connectivity index (χ1) is 8.31. The predicted molar refractivity (Wildman–Crippen MR) is 65.2 cm³/mol. The molecule has 0 aliphatic heterocycles. The number of aliphatic hydroxyl groups is 1. The molecule has 86 valence electrons. The van der Waals surface area contributed by atoms with Gasteiger partial charge in [0.1, 0.15) is 11.4 Å². The van der Waals surface area contributed by atoms with E-state index < -0.39 is 0 Å². The third-order valence-corrected chi connectivity index (χ3v) is 2.85. The van der Waals surface area contributed by atoms with Gasteiger partial charge in [-0.2, -0.15) is 0 Å². The van der Waals surface area contributed by atoms with Crippen molar-refractivity contribution in [3.05, 3.63) is 42.2 Å². The molecule has 0 amide bonds. The molecule has 4 heteroatoms. The van der Waals surface area contributed by atoms with Crippen molar-refractivity contribution in [1.82, 2.24) is 9.38 Å². The second-order valence-electron chi connectivity index (χ2n) is 3.88. The SMILES string of the molecule is COc1ccc2ccc3nc(CO)cn3c2c1. The molecule has 0 radical (unpaired) electrons. The van der Waals surface area contributed by atoms with E-state index in [2.05, 4.69) is 4.98 Å². The van der Waals surface area contributed by atoms with E-state index in [0.717, 1.165) is 22.3 Å². The van der Waals surface area contributed by atoms with Crippen molar-refractivity contribution in [3.8, 4) is 5.75 Å². The Morgan fingerprint density at radius 1 is 1.29 bits per heavy atom. The van der Waals surface area contributed by atoms with Gasteiger partial charge in [-0.15, -0.1) is 0 Å². The van der Waals surface area contributed by atoms with Gasteiger partial charge in [0.15, 0.2) is 0 Å². The van der Waals surface area contributed by atoms with Crippen LogP contribution < -0.4 is 4.74 Å². The zero-order chi connectivity index (χ0) is 11.8. The summed E-state index contributed by atoms with van der Waals surface area (Å²) in [5.41, 5.74) is 2.52. The molecule has 17 heavy (non-hydrogen) atoms. The zero-order valence-electron chi connectivity index (χ0n) is 9.42. The Morgan fingerprint density at radius 2 is 2.12 bits per heavy atom. The monoisotopic (exact) mass is 228 g/mol.